The van der Waals surface area contributed by atoms with Crippen LogP contribution in [-0.2, 0) is 18.4 Å². The molecule has 3 N–H and O–H groups in total. The Morgan fingerprint density at radius 2 is 0.795 bits per heavy atom. The minimum atomic E-state index is -4.36. The molecule has 428 valence electrons. The van der Waals surface area contributed by atoms with E-state index in [1.807, 2.05) is 27.2 Å². The predicted molar refractivity (Wildman–Crippen MR) is 318 cm³/mol. The third-order valence-electron chi connectivity index (χ3n) is 13.9. The van der Waals surface area contributed by atoms with Crippen LogP contribution in [0.3, 0.4) is 0 Å². The number of hydrogen-bond donors (Lipinski definition) is 3. The van der Waals surface area contributed by atoms with Crippen molar-refractivity contribution in [1.29, 1.82) is 0 Å². The number of aliphatic hydroxyl groups excluding tert-OH is 1. The Bertz CT molecular complexity index is 1370. The number of carbonyl (C=O) groups is 1. The molecule has 1 amide bonds. The van der Waals surface area contributed by atoms with Crippen LogP contribution in [0.25, 0.3) is 0 Å². The Morgan fingerprint density at radius 3 is 1.18 bits per heavy atom. The average molecular weight is 1050 g/mol. The summed E-state index contributed by atoms with van der Waals surface area (Å²) < 4.78 is 23.7. The predicted octanol–water partition coefficient (Wildman–Crippen LogP) is 19.3. The van der Waals surface area contributed by atoms with Crippen LogP contribution in [0.4, 0.5) is 0 Å². The van der Waals surface area contributed by atoms with Gasteiger partial charge in [0.1, 0.15) is 13.2 Å². The van der Waals surface area contributed by atoms with E-state index in [2.05, 4.69) is 67.8 Å². The number of likely N-dealkylation sites (N-methyl/N-ethyl adjacent to an activating group) is 1. The van der Waals surface area contributed by atoms with E-state index in [0.717, 1.165) is 51.4 Å². The third kappa shape index (κ3) is 57.7. The van der Waals surface area contributed by atoms with Gasteiger partial charge in [-0.2, -0.15) is 0 Å². The van der Waals surface area contributed by atoms with E-state index in [9.17, 15) is 19.4 Å². The highest BCUT2D eigenvalue weighted by Gasteiger charge is 2.27. The van der Waals surface area contributed by atoms with E-state index in [-0.39, 0.29) is 19.1 Å². The maximum Gasteiger partial charge on any atom is 0.472 e. The zero-order valence-electron chi connectivity index (χ0n) is 48.9. The summed E-state index contributed by atoms with van der Waals surface area (Å²) in [5.74, 6) is -0.189. The average Bonchev–Trinajstić information content (AvgIpc) is 3.35. The molecule has 0 rings (SSSR count). The number of nitrogens with zero attached hydrogens (tertiary/aromatic N) is 1. The molecule has 0 saturated carbocycles. The zero-order valence-corrected chi connectivity index (χ0v) is 49.8. The second-order valence-electron chi connectivity index (χ2n) is 22.4. The molecule has 0 radical (unpaired) electrons. The summed E-state index contributed by atoms with van der Waals surface area (Å²) in [4.78, 5) is 23.3. The van der Waals surface area contributed by atoms with Gasteiger partial charge in [0.25, 0.3) is 0 Å². The second kappa shape index (κ2) is 55.0. The maximum atomic E-state index is 13.0. The summed E-state index contributed by atoms with van der Waals surface area (Å²) in [6, 6.07) is -0.872. The van der Waals surface area contributed by atoms with Crippen LogP contribution in [0.15, 0.2) is 60.8 Å². The molecule has 0 aromatic heterocycles. The highest BCUT2D eigenvalue weighted by atomic mass is 31.2. The van der Waals surface area contributed by atoms with E-state index in [1.165, 1.54) is 218 Å². The molecule has 0 aliphatic rings. The van der Waals surface area contributed by atoms with Crippen LogP contribution in [0.1, 0.15) is 290 Å². The van der Waals surface area contributed by atoms with Gasteiger partial charge in [0.2, 0.25) is 5.91 Å². The van der Waals surface area contributed by atoms with E-state index in [1.54, 1.807) is 6.08 Å². The normalized spacial score (nSPS) is 14.2. The number of allylic oxidation sites excluding steroid dienone is 9. The molecule has 73 heavy (non-hydrogen) atoms. The molecule has 0 aromatic carbocycles. The van der Waals surface area contributed by atoms with Crippen molar-refractivity contribution in [1.82, 2.24) is 5.32 Å². The lowest BCUT2D eigenvalue weighted by Gasteiger charge is -2.25. The van der Waals surface area contributed by atoms with Crippen LogP contribution >= 0.6 is 7.82 Å². The van der Waals surface area contributed by atoms with Crippen molar-refractivity contribution in [2.45, 2.75) is 302 Å². The van der Waals surface area contributed by atoms with Gasteiger partial charge in [-0.15, -0.1) is 0 Å². The number of amides is 1. The molecule has 0 bridgehead atoms. The van der Waals surface area contributed by atoms with Crippen LogP contribution in [0, 0.1) is 0 Å². The van der Waals surface area contributed by atoms with Crippen molar-refractivity contribution in [3.05, 3.63) is 60.8 Å². The SMILES string of the molecule is CCCCCCCCCCC/C=C\C/C=C\CCCCCCCCCCCCCCCCCC(=O)NC(COP(=O)(O)OCC[N+](C)(C)C)C(O)/C=C/CC/C=C/CC/C=C/CCCCCCCCCCCC. The number of hydrogen-bond acceptors (Lipinski definition) is 5. The third-order valence-corrected chi connectivity index (χ3v) is 14.9. The highest BCUT2D eigenvalue weighted by Crippen LogP contribution is 2.43. The fourth-order valence-corrected chi connectivity index (χ4v) is 9.78. The Balaban J connectivity index is 4.16. The quantitative estimate of drug-likeness (QED) is 0.0243. The molecule has 0 aliphatic carbocycles. The van der Waals surface area contributed by atoms with Crippen LogP contribution in [0.5, 0.6) is 0 Å². The van der Waals surface area contributed by atoms with E-state index in [0.29, 0.717) is 17.4 Å². The minimum Gasteiger partial charge on any atom is -0.387 e. The lowest BCUT2D eigenvalue weighted by atomic mass is 10.0. The number of nitrogens with one attached hydrogen (secondary N) is 1. The van der Waals surface area contributed by atoms with Crippen molar-refractivity contribution in [3.63, 3.8) is 0 Å². The molecule has 3 unspecified atom stereocenters. The summed E-state index contributed by atoms with van der Waals surface area (Å²) in [5.41, 5.74) is 0. The monoisotopic (exact) mass is 1050 g/mol. The molecule has 3 atom stereocenters. The first-order valence-electron chi connectivity index (χ1n) is 31.2. The summed E-state index contributed by atoms with van der Waals surface area (Å²) in [6.45, 7) is 4.81. The smallest absolute Gasteiger partial charge is 0.387 e. The van der Waals surface area contributed by atoms with Gasteiger partial charge in [0.15, 0.2) is 0 Å². The molecular formula is C64H122N2O6P+. The van der Waals surface area contributed by atoms with Gasteiger partial charge >= 0.3 is 7.82 Å². The molecule has 8 nitrogen and oxygen atoms in total. The molecule has 9 heteroatoms. The molecule has 0 spiro atoms. The number of unbranched alkanes of at least 4 members (excludes halogenated alkanes) is 36. The van der Waals surface area contributed by atoms with Crippen LogP contribution in [-0.4, -0.2) is 73.4 Å². The van der Waals surface area contributed by atoms with Gasteiger partial charge in [-0.25, -0.2) is 4.57 Å². The lowest BCUT2D eigenvalue weighted by molar-refractivity contribution is -0.870. The zero-order chi connectivity index (χ0) is 53.5. The molecular weight excluding hydrogens is 924 g/mol. The van der Waals surface area contributed by atoms with E-state index in [4.69, 9.17) is 9.05 Å². The topological polar surface area (TPSA) is 105 Å². The van der Waals surface area contributed by atoms with Crippen molar-refractivity contribution >= 4 is 13.7 Å². The van der Waals surface area contributed by atoms with Crippen LogP contribution < -0.4 is 5.32 Å². The van der Waals surface area contributed by atoms with Crippen molar-refractivity contribution in [2.75, 3.05) is 40.9 Å². The largest absolute Gasteiger partial charge is 0.472 e. The number of phosphoric ester groups is 1. The fourth-order valence-electron chi connectivity index (χ4n) is 9.05. The number of phosphoric acid groups is 1. The van der Waals surface area contributed by atoms with Gasteiger partial charge in [-0.1, -0.05) is 267 Å². The fraction of sp³-hybridized carbons (Fsp3) is 0.828. The summed E-state index contributed by atoms with van der Waals surface area (Å²) >= 11 is 0. The summed E-state index contributed by atoms with van der Waals surface area (Å²) in [7, 11) is 1.55. The Morgan fingerprint density at radius 1 is 0.466 bits per heavy atom. The Hall–Kier alpha value is -1.80. The summed E-state index contributed by atoms with van der Waals surface area (Å²) in [5, 5.41) is 13.9. The van der Waals surface area contributed by atoms with Crippen molar-refractivity contribution in [2.24, 2.45) is 0 Å². The molecule has 0 heterocycles. The first kappa shape index (κ1) is 71.2. The summed E-state index contributed by atoms with van der Waals surface area (Å²) in [6.07, 6.45) is 74.9. The molecule has 0 aliphatic heterocycles. The van der Waals surface area contributed by atoms with Gasteiger partial charge in [-0.3, -0.25) is 13.8 Å². The number of aliphatic hydroxyl groups is 1. The van der Waals surface area contributed by atoms with E-state index >= 15 is 0 Å². The number of quaternary nitrogens is 1. The number of rotatable bonds is 57. The molecule has 0 saturated heterocycles. The first-order valence-corrected chi connectivity index (χ1v) is 32.7. The van der Waals surface area contributed by atoms with Gasteiger partial charge in [-0.05, 0) is 77.0 Å². The van der Waals surface area contributed by atoms with Crippen molar-refractivity contribution < 1.29 is 32.9 Å². The standard InChI is InChI=1S/C64H121N2O6P/c1-6-8-10-12-14-16-18-20-22-24-26-28-29-30-31-32-33-34-35-36-37-38-40-42-44-46-48-50-52-54-56-58-64(68)65-62(61-72-73(69,70)71-60-59-66(3,4)5)63(67)57-55-53-51-49-47-45-43-41-39-27-25-23-21-19-17-15-13-11-9-7-2/h26,28,30-31,39,41,47,49,55,57,62-63,67H,6-25,27,29,32-38,40,42-46,48,50-54,56,58-61H2,1-5H3,(H-,65,68,69,70)/p+1/b28-26-,31-30-,41-39+,49-47+,57-55+. The van der Waals surface area contributed by atoms with Gasteiger partial charge in [0.05, 0.1) is 39.9 Å². The van der Waals surface area contributed by atoms with Gasteiger partial charge in [0, 0.05) is 6.42 Å². The van der Waals surface area contributed by atoms with Crippen LogP contribution in [0.2, 0.25) is 0 Å². The molecule has 0 fully saturated rings. The maximum absolute atomic E-state index is 13.0. The van der Waals surface area contributed by atoms with E-state index < -0.39 is 20.0 Å². The van der Waals surface area contributed by atoms with Gasteiger partial charge < -0.3 is 19.8 Å². The van der Waals surface area contributed by atoms with Crippen molar-refractivity contribution in [3.8, 4) is 0 Å². The Kier molecular flexibility index (Phi) is 53.6. The lowest BCUT2D eigenvalue weighted by Crippen LogP contribution is -2.45. The second-order valence-corrected chi connectivity index (χ2v) is 23.9. The first-order chi connectivity index (χ1) is 35.5. The number of carbonyl (C=O) groups excluding carboxylic acids is 1. The Labute approximate surface area is 453 Å². The highest BCUT2D eigenvalue weighted by molar-refractivity contribution is 7.47. The minimum absolute atomic E-state index is 0.0526. The molecule has 0 aromatic rings.